The van der Waals surface area contributed by atoms with E-state index in [2.05, 4.69) is 106 Å². The summed E-state index contributed by atoms with van der Waals surface area (Å²) in [6, 6.07) is 0. The zero-order chi connectivity index (χ0) is 14.7. The molecular formula is C18B2. The van der Waals surface area contributed by atoms with Crippen molar-refractivity contribution < 1.29 is 0 Å². The topological polar surface area (TPSA) is 0 Å². The molecule has 0 aromatic carbocycles. The molecule has 0 rings (SSSR count). The molecule has 0 fully saturated rings. The molecule has 0 spiro atoms. The summed E-state index contributed by atoms with van der Waals surface area (Å²) < 4.78 is 0. The van der Waals surface area contributed by atoms with Gasteiger partial charge in [-0.05, 0) is 94.7 Å². The van der Waals surface area contributed by atoms with E-state index in [-0.39, 0.29) is 0 Å². The summed E-state index contributed by atoms with van der Waals surface area (Å²) in [5.41, 5.74) is 0. The van der Waals surface area contributed by atoms with Crippen LogP contribution in [0.25, 0.3) is 0 Å². The van der Waals surface area contributed by atoms with Crippen molar-refractivity contribution >= 4 is 15.7 Å². The second-order valence-corrected chi connectivity index (χ2v) is 2.29. The molecule has 4 radical (unpaired) electrons. The second kappa shape index (κ2) is 15.2. The molecule has 0 aliphatic heterocycles. The summed E-state index contributed by atoms with van der Waals surface area (Å²) in [5.74, 6) is 43.2. The largest absolute Gasteiger partial charge is 0.189 e. The lowest BCUT2D eigenvalue weighted by Gasteiger charge is -1.56. The molecule has 0 N–H and O–H groups in total. The summed E-state index contributed by atoms with van der Waals surface area (Å²) in [5, 5.41) is 0. The lowest BCUT2D eigenvalue weighted by molar-refractivity contribution is 2.33. The van der Waals surface area contributed by atoms with Gasteiger partial charge in [0.05, 0.1) is 0 Å². The van der Waals surface area contributed by atoms with E-state index in [1.54, 1.807) is 0 Å². The maximum absolute atomic E-state index is 4.89. The van der Waals surface area contributed by atoms with E-state index in [1.807, 2.05) is 0 Å². The molecule has 0 amide bonds. The number of hydrogen-bond acceptors (Lipinski definition) is 0. The van der Waals surface area contributed by atoms with Crippen LogP contribution in [0.15, 0.2) is 0 Å². The highest BCUT2D eigenvalue weighted by Gasteiger charge is 1.57. The molecule has 0 atom stereocenters. The fourth-order valence-corrected chi connectivity index (χ4v) is 0.510. The van der Waals surface area contributed by atoms with Crippen LogP contribution in [-0.4, -0.2) is 15.7 Å². The summed E-state index contributed by atoms with van der Waals surface area (Å²) in [4.78, 5) is 0. The van der Waals surface area contributed by atoms with Crippen LogP contribution in [0.5, 0.6) is 0 Å². The maximum Gasteiger partial charge on any atom is 0.189 e. The van der Waals surface area contributed by atoms with Crippen molar-refractivity contribution in [2.75, 3.05) is 0 Å². The van der Waals surface area contributed by atoms with Crippen LogP contribution >= 0.6 is 0 Å². The van der Waals surface area contributed by atoms with E-state index in [9.17, 15) is 0 Å². The Morgan fingerprint density at radius 3 is 0.550 bits per heavy atom. The van der Waals surface area contributed by atoms with Crippen molar-refractivity contribution in [1.82, 2.24) is 0 Å². The first-order valence-corrected chi connectivity index (χ1v) is 4.83. The van der Waals surface area contributed by atoms with E-state index >= 15 is 0 Å². The fraction of sp³-hybridized carbons (Fsp3) is 0. The van der Waals surface area contributed by atoms with Crippen molar-refractivity contribution in [3.8, 4) is 106 Å². The molecule has 0 nitrogen and oxygen atoms in total. The van der Waals surface area contributed by atoms with Crippen molar-refractivity contribution in [3.63, 3.8) is 0 Å². The molecule has 0 unspecified atom stereocenters. The first-order valence-electron chi connectivity index (χ1n) is 4.83. The Balaban J connectivity index is 4.33. The quantitative estimate of drug-likeness (QED) is 0.385. The standard InChI is InChI=1S/C18B2/c19-17-15-13-11-9-7-5-3-1-2-4-6-8-10-12-14-16-18-20. The van der Waals surface area contributed by atoms with Gasteiger partial charge in [-0.1, -0.05) is 0 Å². The molecule has 78 valence electrons. The second-order valence-electron chi connectivity index (χ2n) is 2.29. The summed E-state index contributed by atoms with van der Waals surface area (Å²) in [7, 11) is 9.78. The van der Waals surface area contributed by atoms with Gasteiger partial charge in [0.25, 0.3) is 0 Å². The van der Waals surface area contributed by atoms with Crippen LogP contribution in [0.4, 0.5) is 0 Å². The third-order valence-corrected chi connectivity index (χ3v) is 1.08. The molecule has 0 aromatic heterocycles. The van der Waals surface area contributed by atoms with E-state index in [1.165, 1.54) is 0 Å². The first-order chi connectivity index (χ1) is 9.91. The smallest absolute Gasteiger partial charge is 0.158 e. The fourth-order valence-electron chi connectivity index (χ4n) is 0.510. The van der Waals surface area contributed by atoms with Gasteiger partial charge in [0.15, 0.2) is 15.7 Å². The number of rotatable bonds is 0. The van der Waals surface area contributed by atoms with Gasteiger partial charge in [-0.2, -0.15) is 11.6 Å². The normalized spacial score (nSPS) is 3.80. The molecule has 0 heterocycles. The summed E-state index contributed by atoms with van der Waals surface area (Å²) in [6.07, 6.45) is 0. The van der Waals surface area contributed by atoms with Gasteiger partial charge in [0.2, 0.25) is 0 Å². The third kappa shape index (κ3) is 14.2. The lowest BCUT2D eigenvalue weighted by Crippen LogP contribution is -1.56. The third-order valence-electron chi connectivity index (χ3n) is 1.08. The Labute approximate surface area is 122 Å². The Hall–Kier alpha value is -3.83. The van der Waals surface area contributed by atoms with Gasteiger partial charge in [-0.25, -0.2) is 0 Å². The highest BCUT2D eigenvalue weighted by Crippen LogP contribution is 1.58. The van der Waals surface area contributed by atoms with Crippen molar-refractivity contribution in [1.29, 1.82) is 0 Å². The maximum atomic E-state index is 4.89. The highest BCUT2D eigenvalue weighted by atomic mass is 13.6. The van der Waals surface area contributed by atoms with Gasteiger partial charge in [-0.15, -0.1) is 0 Å². The van der Waals surface area contributed by atoms with Gasteiger partial charge < -0.3 is 0 Å². The molecular weight excluding hydrogens is 238 g/mol. The van der Waals surface area contributed by atoms with Gasteiger partial charge in [0.1, 0.15) is 0 Å². The van der Waals surface area contributed by atoms with Crippen LogP contribution in [-0.2, 0) is 0 Å². The Morgan fingerprint density at radius 2 is 0.400 bits per heavy atom. The molecule has 0 aliphatic carbocycles. The van der Waals surface area contributed by atoms with Crippen LogP contribution < -0.4 is 0 Å². The molecule has 2 heteroatoms. The van der Waals surface area contributed by atoms with Crippen LogP contribution in [0.3, 0.4) is 0 Å². The van der Waals surface area contributed by atoms with Crippen molar-refractivity contribution in [2.45, 2.75) is 0 Å². The van der Waals surface area contributed by atoms with Gasteiger partial charge in [0, 0.05) is 0 Å². The minimum Gasteiger partial charge on any atom is -0.158 e. The summed E-state index contributed by atoms with van der Waals surface area (Å²) >= 11 is 0. The lowest BCUT2D eigenvalue weighted by atomic mass is 10.2. The van der Waals surface area contributed by atoms with Gasteiger partial charge >= 0.3 is 0 Å². The molecule has 0 saturated heterocycles. The Bertz CT molecular complexity index is 830. The average molecular weight is 238 g/mol. The van der Waals surface area contributed by atoms with E-state index < -0.39 is 0 Å². The van der Waals surface area contributed by atoms with Crippen molar-refractivity contribution in [2.24, 2.45) is 0 Å². The molecule has 0 aromatic rings. The van der Waals surface area contributed by atoms with Crippen LogP contribution in [0.1, 0.15) is 0 Å². The monoisotopic (exact) mass is 238 g/mol. The van der Waals surface area contributed by atoms with Crippen LogP contribution in [0.2, 0.25) is 0 Å². The number of hydrogen-bond donors (Lipinski definition) is 0. The SMILES string of the molecule is [B]C#CC#CC#CC#CC#CC#CC#CC#CC#C[B]. The highest BCUT2D eigenvalue weighted by molar-refractivity contribution is 6.22. The minimum atomic E-state index is 2.12. The zero-order valence-electron chi connectivity index (χ0n) is 10.2. The molecule has 20 heavy (non-hydrogen) atoms. The van der Waals surface area contributed by atoms with E-state index in [0.29, 0.717) is 0 Å². The average Bonchev–Trinajstić information content (AvgIpc) is 2.47. The first kappa shape index (κ1) is 16.2. The Kier molecular flexibility index (Phi) is 12.3. The molecule has 0 aliphatic rings. The minimum absolute atomic E-state index is 2.12. The summed E-state index contributed by atoms with van der Waals surface area (Å²) in [6.45, 7) is 0. The predicted octanol–water partition coefficient (Wildman–Crippen LogP) is -0.731. The Morgan fingerprint density at radius 1 is 0.250 bits per heavy atom. The van der Waals surface area contributed by atoms with Crippen LogP contribution in [0, 0.1) is 106 Å². The predicted molar refractivity (Wildman–Crippen MR) is 81.5 cm³/mol. The van der Waals surface area contributed by atoms with Gasteiger partial charge in [-0.3, -0.25) is 0 Å². The zero-order valence-corrected chi connectivity index (χ0v) is 10.2. The molecule has 0 bridgehead atoms. The molecule has 0 saturated carbocycles. The van der Waals surface area contributed by atoms with E-state index in [0.717, 1.165) is 0 Å². The van der Waals surface area contributed by atoms with E-state index in [4.69, 9.17) is 15.7 Å². The van der Waals surface area contributed by atoms with Crippen molar-refractivity contribution in [3.05, 3.63) is 0 Å².